The maximum absolute atomic E-state index is 13.3. The molecular weight excluding hydrogens is 505 g/mol. The van der Waals surface area contributed by atoms with Crippen LogP contribution < -0.4 is 4.90 Å². The smallest absolute Gasteiger partial charge is 0.191 e. The number of imidazole rings is 1. The fourth-order valence-electron chi connectivity index (χ4n) is 4.29. The molecule has 182 valence electrons. The Morgan fingerprint density at radius 3 is 2.63 bits per heavy atom. The third-order valence-electron chi connectivity index (χ3n) is 6.16. The number of fused-ring (bicyclic) bond motifs is 1. The van der Waals surface area contributed by atoms with Crippen molar-refractivity contribution >= 4 is 56.1 Å². The molecular formula is C25H25ClFN5OS2. The maximum Gasteiger partial charge on any atom is 0.191 e. The normalized spacial score (nSPS) is 15.4. The number of aromatic nitrogens is 3. The Kier molecular flexibility index (Phi) is 7.02. The van der Waals surface area contributed by atoms with E-state index in [2.05, 4.69) is 34.6 Å². The Morgan fingerprint density at radius 2 is 1.94 bits per heavy atom. The molecule has 0 bridgehead atoms. The van der Waals surface area contributed by atoms with Crippen LogP contribution in [-0.2, 0) is 17.4 Å². The van der Waals surface area contributed by atoms with Gasteiger partial charge in [0.05, 0.1) is 11.4 Å². The van der Waals surface area contributed by atoms with E-state index in [0.29, 0.717) is 13.1 Å². The number of nitrogens with zero attached hydrogens (tertiary/aromatic N) is 5. The van der Waals surface area contributed by atoms with E-state index in [9.17, 15) is 8.60 Å². The highest BCUT2D eigenvalue weighted by atomic mass is 35.5. The van der Waals surface area contributed by atoms with Crippen molar-refractivity contribution in [2.24, 2.45) is 0 Å². The Hall–Kier alpha value is -2.59. The standard InChI is InChI=1S/C25H25ClFN5OS2/c1-3-21-24(30(2)25-29-22(15-34-25)18-4-7-20(27)8-5-18)32-14-19(6-9-23(32)28-21)17-10-12-31(13-11-17)35(33)16-26/h4-10,14-15H,3,11-13,16H2,1-2H3. The van der Waals surface area contributed by atoms with Gasteiger partial charge in [-0.2, -0.15) is 0 Å². The van der Waals surface area contributed by atoms with Crippen molar-refractivity contribution in [2.45, 2.75) is 19.8 Å². The second kappa shape index (κ2) is 10.2. The van der Waals surface area contributed by atoms with Crippen LogP contribution in [0.2, 0.25) is 0 Å². The van der Waals surface area contributed by atoms with Crippen LogP contribution in [0.25, 0.3) is 22.5 Å². The molecule has 1 unspecified atom stereocenters. The Balaban J connectivity index is 1.48. The molecule has 0 amide bonds. The van der Waals surface area contributed by atoms with E-state index in [4.69, 9.17) is 21.6 Å². The number of rotatable bonds is 7. The first-order valence-corrected chi connectivity index (χ1v) is 14.0. The fourth-order valence-corrected chi connectivity index (χ4v) is 6.18. The number of aryl methyl sites for hydroxylation is 1. The van der Waals surface area contributed by atoms with E-state index in [1.54, 1.807) is 23.5 Å². The van der Waals surface area contributed by atoms with Gasteiger partial charge >= 0.3 is 0 Å². The third kappa shape index (κ3) is 4.78. The van der Waals surface area contributed by atoms with Crippen molar-refractivity contribution < 1.29 is 8.60 Å². The predicted molar refractivity (Wildman–Crippen MR) is 143 cm³/mol. The number of benzene rings is 1. The lowest BCUT2D eigenvalue weighted by atomic mass is 10.0. The zero-order valence-corrected chi connectivity index (χ0v) is 21.8. The van der Waals surface area contributed by atoms with Gasteiger partial charge in [-0.15, -0.1) is 22.9 Å². The van der Waals surface area contributed by atoms with Gasteiger partial charge in [-0.05, 0) is 60.4 Å². The van der Waals surface area contributed by atoms with Gasteiger partial charge in [-0.25, -0.2) is 22.9 Å². The number of alkyl halides is 1. The molecule has 0 N–H and O–H groups in total. The summed E-state index contributed by atoms with van der Waals surface area (Å²) >= 11 is 7.31. The molecule has 3 aromatic heterocycles. The lowest BCUT2D eigenvalue weighted by Crippen LogP contribution is -2.31. The molecule has 0 saturated carbocycles. The van der Waals surface area contributed by atoms with Crippen LogP contribution in [0.4, 0.5) is 15.3 Å². The number of pyridine rings is 1. The molecule has 1 atom stereocenters. The van der Waals surface area contributed by atoms with Crippen molar-refractivity contribution in [2.75, 3.05) is 30.2 Å². The zero-order chi connectivity index (χ0) is 24.5. The molecule has 0 spiro atoms. The Bertz CT molecular complexity index is 1420. The van der Waals surface area contributed by atoms with Crippen LogP contribution in [0.3, 0.4) is 0 Å². The zero-order valence-electron chi connectivity index (χ0n) is 19.4. The summed E-state index contributed by atoms with van der Waals surface area (Å²) < 4.78 is 29.4. The number of hydrogen-bond donors (Lipinski definition) is 0. The molecule has 1 aromatic carbocycles. The molecule has 0 saturated heterocycles. The summed E-state index contributed by atoms with van der Waals surface area (Å²) in [7, 11) is 0.860. The first-order chi connectivity index (χ1) is 17.0. The summed E-state index contributed by atoms with van der Waals surface area (Å²) in [5.74, 6) is 0.717. The number of halogens is 2. The molecule has 10 heteroatoms. The molecule has 1 aliphatic rings. The van der Waals surface area contributed by atoms with Crippen molar-refractivity contribution in [3.8, 4) is 11.3 Å². The van der Waals surface area contributed by atoms with Crippen LogP contribution in [-0.4, -0.2) is 48.2 Å². The van der Waals surface area contributed by atoms with Crippen molar-refractivity contribution in [1.82, 2.24) is 18.7 Å². The molecule has 4 aromatic rings. The van der Waals surface area contributed by atoms with Gasteiger partial charge in [0.2, 0.25) is 0 Å². The quantitative estimate of drug-likeness (QED) is 0.281. The number of hydrogen-bond acceptors (Lipinski definition) is 5. The van der Waals surface area contributed by atoms with Gasteiger partial charge in [0, 0.05) is 37.3 Å². The first-order valence-electron chi connectivity index (χ1n) is 11.3. The lowest BCUT2D eigenvalue weighted by molar-refractivity contribution is 0.485. The minimum atomic E-state index is -1.14. The van der Waals surface area contributed by atoms with E-state index in [1.165, 1.54) is 17.7 Å². The molecule has 35 heavy (non-hydrogen) atoms. The molecule has 0 fully saturated rings. The highest BCUT2D eigenvalue weighted by Gasteiger charge is 2.21. The summed E-state index contributed by atoms with van der Waals surface area (Å²) in [6, 6.07) is 10.5. The molecule has 6 nitrogen and oxygen atoms in total. The third-order valence-corrected chi connectivity index (χ3v) is 8.73. The molecule has 1 aliphatic heterocycles. The Labute approximate surface area is 215 Å². The number of thiazole rings is 1. The van der Waals surface area contributed by atoms with E-state index >= 15 is 0 Å². The van der Waals surface area contributed by atoms with E-state index in [0.717, 1.165) is 52.0 Å². The SMILES string of the molecule is CCc1nc2ccc(C3=CCN(S(=O)CCl)CC3)cn2c1N(C)c1nc(-c2ccc(F)cc2)cs1. The maximum atomic E-state index is 13.3. The molecule has 0 aliphatic carbocycles. The van der Waals surface area contributed by atoms with Crippen molar-refractivity contribution in [1.29, 1.82) is 0 Å². The summed E-state index contributed by atoms with van der Waals surface area (Å²) in [5.41, 5.74) is 5.91. The van der Waals surface area contributed by atoms with E-state index in [1.807, 2.05) is 22.8 Å². The summed E-state index contributed by atoms with van der Waals surface area (Å²) in [4.78, 5) is 11.7. The van der Waals surface area contributed by atoms with Gasteiger partial charge in [0.25, 0.3) is 0 Å². The molecule has 4 heterocycles. The minimum absolute atomic E-state index is 0.124. The highest BCUT2D eigenvalue weighted by Crippen LogP contribution is 2.34. The van der Waals surface area contributed by atoms with Gasteiger partial charge in [0.15, 0.2) is 5.13 Å². The average molecular weight is 530 g/mol. The number of anilines is 2. The summed E-state index contributed by atoms with van der Waals surface area (Å²) in [6.07, 6.45) is 5.85. The van der Waals surface area contributed by atoms with Gasteiger partial charge in [0.1, 0.15) is 33.5 Å². The van der Waals surface area contributed by atoms with E-state index < -0.39 is 11.0 Å². The van der Waals surface area contributed by atoms with Gasteiger partial charge in [-0.3, -0.25) is 4.40 Å². The van der Waals surface area contributed by atoms with Crippen LogP contribution in [0.5, 0.6) is 0 Å². The predicted octanol–water partition coefficient (Wildman–Crippen LogP) is 5.88. The lowest BCUT2D eigenvalue weighted by Gasteiger charge is -2.24. The van der Waals surface area contributed by atoms with Crippen LogP contribution in [0.1, 0.15) is 24.6 Å². The van der Waals surface area contributed by atoms with E-state index in [-0.39, 0.29) is 11.0 Å². The minimum Gasteiger partial charge on any atom is -0.305 e. The second-order valence-corrected chi connectivity index (χ2v) is 11.1. The molecule has 0 radical (unpaired) electrons. The fraction of sp³-hybridized carbons (Fsp3) is 0.280. The van der Waals surface area contributed by atoms with Crippen LogP contribution in [0.15, 0.2) is 54.1 Å². The van der Waals surface area contributed by atoms with Crippen molar-refractivity contribution in [3.63, 3.8) is 0 Å². The van der Waals surface area contributed by atoms with Gasteiger partial charge < -0.3 is 4.90 Å². The topological polar surface area (TPSA) is 53.7 Å². The van der Waals surface area contributed by atoms with Gasteiger partial charge in [-0.1, -0.05) is 13.0 Å². The first kappa shape index (κ1) is 24.1. The monoisotopic (exact) mass is 529 g/mol. The molecule has 5 rings (SSSR count). The van der Waals surface area contributed by atoms with Crippen LogP contribution >= 0.6 is 22.9 Å². The van der Waals surface area contributed by atoms with Crippen molar-refractivity contribution in [3.05, 3.63) is 71.1 Å². The summed E-state index contributed by atoms with van der Waals surface area (Å²) in [5, 5.41) is 2.95. The average Bonchev–Trinajstić information content (AvgIpc) is 3.53. The largest absolute Gasteiger partial charge is 0.305 e. The van der Waals surface area contributed by atoms with Crippen LogP contribution in [0, 0.1) is 5.82 Å². The highest BCUT2D eigenvalue weighted by molar-refractivity contribution is 7.83. The second-order valence-electron chi connectivity index (χ2n) is 8.26. The summed E-state index contributed by atoms with van der Waals surface area (Å²) in [6.45, 7) is 3.43. The Morgan fingerprint density at radius 1 is 1.17 bits per heavy atom.